The molecule has 0 aliphatic carbocycles. The minimum Gasteiger partial charge on any atom is -0.450 e. The molecule has 0 aromatic carbocycles. The molecule has 0 spiro atoms. The van der Waals surface area contributed by atoms with E-state index in [4.69, 9.17) is 28.4 Å². The topological polar surface area (TPSA) is 232 Å². The van der Waals surface area contributed by atoms with Crippen LogP contribution in [0, 0.1) is 0 Å². The van der Waals surface area contributed by atoms with Gasteiger partial charge in [0, 0.05) is 37.1 Å². The molecule has 0 radical (unpaired) electrons. The molecule has 0 bridgehead atoms. The molecule has 2 heterocycles. The molecule has 0 fully saturated rings. The largest absolute Gasteiger partial charge is 0.450 e. The second kappa shape index (κ2) is 39.6. The van der Waals surface area contributed by atoms with E-state index in [0.717, 1.165) is 64.2 Å². The number of carbonyl (C=O) groups excluding carboxylic acids is 6. The zero-order valence-corrected chi connectivity index (χ0v) is 42.2. The number of allylic oxidation sites excluding steroid dienone is 4. The van der Waals surface area contributed by atoms with Crippen LogP contribution in [0.15, 0.2) is 48.6 Å². The Hall–Kier alpha value is -6.20. The number of pyridine rings is 2. The van der Waals surface area contributed by atoms with E-state index in [1.54, 1.807) is 27.7 Å². The molecule has 0 unspecified atom stereocenters. The van der Waals surface area contributed by atoms with Gasteiger partial charge in [0.25, 0.3) is 0 Å². The quantitative estimate of drug-likeness (QED) is 0.0214. The molecule has 0 aliphatic rings. The SMILES string of the molecule is CCOC(=O)Nc1cc(OC(=O)CCCCCCCCC/C=C/CCCCCC/C=C/CCCCCCCCCC(=O)Oc2cc(NC(=O)OCC)nc(NC(=O)OCC)c2)cc(NC(=O)OCC)n1. The molecule has 4 amide bonds. The van der Waals surface area contributed by atoms with Crippen molar-refractivity contribution in [3.63, 3.8) is 0 Å². The van der Waals surface area contributed by atoms with Gasteiger partial charge in [0.2, 0.25) is 0 Å². The van der Waals surface area contributed by atoms with Gasteiger partial charge in [0.15, 0.2) is 0 Å². The standard InChI is InChI=1S/C52H80N6O12/c1-5-65-49(61)55-43-37-41(38-44(53-43)56-50(62)66-6-2)69-47(59)35-33-31-29-27-25-23-21-19-17-15-13-11-9-10-12-14-16-18-20-22-24-26-28-30-32-34-36-48(60)70-42-39-45(57-51(63)67-7-3)54-46(40-42)58-52(64)68-8-4/h15-18,37-40H,5-14,19-36H2,1-4H3,(H2,53,55,56,61,62)(H2,54,57,58,63,64)/b17-15+,18-16+. The van der Waals surface area contributed by atoms with E-state index in [9.17, 15) is 28.8 Å². The third-order valence-corrected chi connectivity index (χ3v) is 10.4. The summed E-state index contributed by atoms with van der Waals surface area (Å²) in [6.45, 7) is 7.36. The Bertz CT molecular complexity index is 1680. The van der Waals surface area contributed by atoms with Crippen molar-refractivity contribution in [3.8, 4) is 11.5 Å². The number of aromatic nitrogens is 2. The van der Waals surface area contributed by atoms with Crippen molar-refractivity contribution >= 4 is 59.6 Å². The molecule has 2 aromatic rings. The third kappa shape index (κ3) is 31.8. The Morgan fingerprint density at radius 3 is 0.843 bits per heavy atom. The Labute approximate surface area is 415 Å². The van der Waals surface area contributed by atoms with Crippen molar-refractivity contribution < 1.29 is 57.2 Å². The van der Waals surface area contributed by atoms with E-state index >= 15 is 0 Å². The first-order valence-electron chi connectivity index (χ1n) is 25.6. The summed E-state index contributed by atoms with van der Waals surface area (Å²) in [6, 6.07) is 5.56. The lowest BCUT2D eigenvalue weighted by Crippen LogP contribution is -2.18. The first-order valence-corrected chi connectivity index (χ1v) is 25.6. The number of amides is 4. The van der Waals surface area contributed by atoms with Crippen LogP contribution in [0.25, 0.3) is 0 Å². The highest BCUT2D eigenvalue weighted by molar-refractivity contribution is 5.88. The maximum Gasteiger partial charge on any atom is 0.412 e. The van der Waals surface area contributed by atoms with E-state index in [0.29, 0.717) is 12.8 Å². The molecule has 0 aliphatic heterocycles. The Kier molecular flexibility index (Phi) is 33.9. The highest BCUT2D eigenvalue weighted by Gasteiger charge is 2.15. The predicted molar refractivity (Wildman–Crippen MR) is 271 cm³/mol. The second-order valence-electron chi connectivity index (χ2n) is 16.4. The number of hydrogen-bond donors (Lipinski definition) is 4. The van der Waals surface area contributed by atoms with Crippen molar-refractivity contribution in [2.45, 2.75) is 182 Å². The first-order chi connectivity index (χ1) is 34.0. The number of ether oxygens (including phenoxy) is 6. The zero-order valence-electron chi connectivity index (χ0n) is 42.2. The summed E-state index contributed by atoms with van der Waals surface area (Å²) in [6.07, 6.45) is 31.4. The Morgan fingerprint density at radius 2 is 0.600 bits per heavy atom. The lowest BCUT2D eigenvalue weighted by molar-refractivity contribution is -0.135. The average molecular weight is 981 g/mol. The van der Waals surface area contributed by atoms with Crippen molar-refractivity contribution in [3.05, 3.63) is 48.6 Å². The molecule has 390 valence electrons. The highest BCUT2D eigenvalue weighted by atomic mass is 16.6. The molecular formula is C52H80N6O12. The molecule has 18 nitrogen and oxygen atoms in total. The van der Waals surface area contributed by atoms with Crippen molar-refractivity contribution in [2.24, 2.45) is 0 Å². The van der Waals surface area contributed by atoms with Crippen LogP contribution in [0.4, 0.5) is 42.4 Å². The molecular weight excluding hydrogens is 901 g/mol. The van der Waals surface area contributed by atoms with Gasteiger partial charge in [-0.3, -0.25) is 30.9 Å². The fourth-order valence-corrected chi connectivity index (χ4v) is 7.02. The van der Waals surface area contributed by atoms with Gasteiger partial charge in [-0.15, -0.1) is 0 Å². The number of rotatable bonds is 37. The van der Waals surface area contributed by atoms with Crippen LogP contribution in [0.3, 0.4) is 0 Å². The molecule has 2 aromatic heterocycles. The van der Waals surface area contributed by atoms with E-state index in [1.165, 1.54) is 88.5 Å². The van der Waals surface area contributed by atoms with Gasteiger partial charge < -0.3 is 28.4 Å². The first kappa shape index (κ1) is 59.9. The molecule has 0 atom stereocenters. The van der Waals surface area contributed by atoms with E-state index in [2.05, 4.69) is 55.5 Å². The fourth-order valence-electron chi connectivity index (χ4n) is 7.02. The predicted octanol–water partition coefficient (Wildman–Crippen LogP) is 13.7. The third-order valence-electron chi connectivity index (χ3n) is 10.4. The van der Waals surface area contributed by atoms with E-state index in [-0.39, 0.29) is 74.0 Å². The number of esters is 2. The van der Waals surface area contributed by atoms with E-state index < -0.39 is 36.3 Å². The Balaban J connectivity index is 1.40. The van der Waals surface area contributed by atoms with Gasteiger partial charge in [-0.1, -0.05) is 101 Å². The van der Waals surface area contributed by atoms with Crippen LogP contribution in [-0.2, 0) is 28.5 Å². The van der Waals surface area contributed by atoms with Crippen LogP contribution in [-0.4, -0.2) is 72.7 Å². The van der Waals surface area contributed by atoms with Crippen LogP contribution < -0.4 is 30.7 Å². The molecule has 4 N–H and O–H groups in total. The zero-order chi connectivity index (χ0) is 50.9. The summed E-state index contributed by atoms with van der Waals surface area (Å²) < 4.78 is 30.5. The van der Waals surface area contributed by atoms with Crippen molar-refractivity contribution in [2.75, 3.05) is 47.7 Å². The fraction of sp³-hybridized carbons (Fsp3) is 0.615. The minimum absolute atomic E-state index is 0.0569. The van der Waals surface area contributed by atoms with Gasteiger partial charge in [0.1, 0.15) is 34.8 Å². The van der Waals surface area contributed by atoms with Gasteiger partial charge in [-0.25, -0.2) is 29.1 Å². The molecule has 0 saturated heterocycles. The maximum absolute atomic E-state index is 12.5. The van der Waals surface area contributed by atoms with Crippen LogP contribution >= 0.6 is 0 Å². The Morgan fingerprint density at radius 1 is 0.371 bits per heavy atom. The lowest BCUT2D eigenvalue weighted by atomic mass is 10.1. The number of nitrogens with one attached hydrogen (secondary N) is 4. The van der Waals surface area contributed by atoms with Gasteiger partial charge in [-0.2, -0.15) is 0 Å². The number of anilines is 4. The van der Waals surface area contributed by atoms with Crippen molar-refractivity contribution in [1.82, 2.24) is 9.97 Å². The number of carbonyl (C=O) groups is 6. The maximum atomic E-state index is 12.5. The van der Waals surface area contributed by atoms with Gasteiger partial charge >= 0.3 is 36.3 Å². The van der Waals surface area contributed by atoms with E-state index in [1.807, 2.05) is 0 Å². The second-order valence-corrected chi connectivity index (χ2v) is 16.4. The summed E-state index contributed by atoms with van der Waals surface area (Å²) in [5, 5.41) is 9.80. The summed E-state index contributed by atoms with van der Waals surface area (Å²) >= 11 is 0. The smallest absolute Gasteiger partial charge is 0.412 e. The molecule has 70 heavy (non-hydrogen) atoms. The molecule has 18 heteroatoms. The van der Waals surface area contributed by atoms with Gasteiger partial charge in [0.05, 0.1) is 26.4 Å². The molecule has 2 rings (SSSR count). The molecule has 0 saturated carbocycles. The average Bonchev–Trinajstić information content (AvgIpc) is 3.30. The monoisotopic (exact) mass is 981 g/mol. The lowest BCUT2D eigenvalue weighted by Gasteiger charge is -2.11. The minimum atomic E-state index is -0.722. The summed E-state index contributed by atoms with van der Waals surface area (Å²) in [5.41, 5.74) is 0. The number of hydrogen-bond acceptors (Lipinski definition) is 14. The van der Waals surface area contributed by atoms with Crippen LogP contribution in [0.5, 0.6) is 11.5 Å². The number of nitrogens with zero attached hydrogens (tertiary/aromatic N) is 2. The van der Waals surface area contributed by atoms with Crippen LogP contribution in [0.2, 0.25) is 0 Å². The summed E-state index contributed by atoms with van der Waals surface area (Å²) in [7, 11) is 0. The van der Waals surface area contributed by atoms with Gasteiger partial charge in [-0.05, 0) is 91.9 Å². The number of unbranched alkanes of at least 4 members (excludes halogenated alkanes) is 19. The summed E-state index contributed by atoms with van der Waals surface area (Å²) in [5.74, 6) is -0.316. The van der Waals surface area contributed by atoms with Crippen molar-refractivity contribution in [1.29, 1.82) is 0 Å². The van der Waals surface area contributed by atoms with Crippen LogP contribution in [0.1, 0.15) is 182 Å². The normalized spacial score (nSPS) is 11.0. The summed E-state index contributed by atoms with van der Waals surface area (Å²) in [4.78, 5) is 80.8. The highest BCUT2D eigenvalue weighted by Crippen LogP contribution is 2.24.